The Morgan fingerprint density at radius 2 is 1.57 bits per heavy atom. The van der Waals surface area contributed by atoms with Crippen LogP contribution in [-0.2, 0) is 0 Å². The predicted octanol–water partition coefficient (Wildman–Crippen LogP) is 5.03. The lowest BCUT2D eigenvalue weighted by Crippen LogP contribution is -2.50. The second-order valence-corrected chi connectivity index (χ2v) is 9.70. The lowest BCUT2D eigenvalue weighted by Gasteiger charge is -2.56. The van der Waals surface area contributed by atoms with E-state index in [1.165, 1.54) is 44.9 Å². The van der Waals surface area contributed by atoms with E-state index < -0.39 is 0 Å². The third-order valence-corrected chi connectivity index (χ3v) is 8.71. The summed E-state index contributed by atoms with van der Waals surface area (Å²) in [6, 6.07) is 0. The highest BCUT2D eigenvalue weighted by atomic mass is 16.3. The van der Waals surface area contributed by atoms with Crippen molar-refractivity contribution in [3.63, 3.8) is 0 Å². The second kappa shape index (κ2) is 4.73. The number of hydrogen-bond acceptors (Lipinski definition) is 1. The molecule has 21 heavy (non-hydrogen) atoms. The van der Waals surface area contributed by atoms with Gasteiger partial charge in [-0.2, -0.15) is 0 Å². The van der Waals surface area contributed by atoms with Crippen molar-refractivity contribution in [2.24, 2.45) is 40.9 Å². The molecular weight excluding hydrogens is 256 g/mol. The van der Waals surface area contributed by atoms with Gasteiger partial charge in [0, 0.05) is 0 Å². The lowest BCUT2D eigenvalue weighted by molar-refractivity contribution is -0.0986. The Balaban J connectivity index is 1.56. The number of fused-ring (bicyclic) bond motifs is 5. The monoisotopic (exact) mass is 290 g/mol. The maximum Gasteiger partial charge on any atom is 0.0622 e. The third-order valence-electron chi connectivity index (χ3n) is 8.71. The molecule has 1 heteroatoms. The topological polar surface area (TPSA) is 20.2 Å². The van der Waals surface area contributed by atoms with E-state index in [2.05, 4.69) is 20.8 Å². The zero-order valence-electron chi connectivity index (χ0n) is 14.3. The molecule has 4 saturated carbocycles. The van der Waals surface area contributed by atoms with Crippen LogP contribution in [0.1, 0.15) is 78.6 Å². The van der Waals surface area contributed by atoms with Gasteiger partial charge in [0.05, 0.1) is 5.60 Å². The van der Waals surface area contributed by atoms with Crippen molar-refractivity contribution in [3.05, 3.63) is 0 Å². The van der Waals surface area contributed by atoms with Crippen molar-refractivity contribution in [1.29, 1.82) is 0 Å². The number of aliphatic hydroxyl groups is 1. The first kappa shape index (κ1) is 14.5. The molecule has 0 saturated heterocycles. The van der Waals surface area contributed by atoms with Gasteiger partial charge in [0.2, 0.25) is 0 Å². The summed E-state index contributed by atoms with van der Waals surface area (Å²) < 4.78 is 0. The van der Waals surface area contributed by atoms with E-state index in [-0.39, 0.29) is 5.60 Å². The maximum atomic E-state index is 10.4. The summed E-state index contributed by atoms with van der Waals surface area (Å²) in [6.07, 6.45) is 12.3. The van der Waals surface area contributed by atoms with Gasteiger partial charge in [0.1, 0.15) is 0 Å². The summed E-state index contributed by atoms with van der Waals surface area (Å²) in [6.45, 7) is 7.21. The van der Waals surface area contributed by atoms with Crippen molar-refractivity contribution in [2.45, 2.75) is 84.2 Å². The van der Waals surface area contributed by atoms with Crippen molar-refractivity contribution >= 4 is 0 Å². The van der Waals surface area contributed by atoms with Crippen LogP contribution in [0.3, 0.4) is 0 Å². The molecule has 0 radical (unpaired) electrons. The van der Waals surface area contributed by atoms with Crippen molar-refractivity contribution in [2.75, 3.05) is 0 Å². The van der Waals surface area contributed by atoms with Gasteiger partial charge in [0.25, 0.3) is 0 Å². The highest BCUT2D eigenvalue weighted by Gasteiger charge is 2.56. The van der Waals surface area contributed by atoms with Crippen LogP contribution in [0.15, 0.2) is 0 Å². The Hall–Kier alpha value is -0.0400. The van der Waals surface area contributed by atoms with Crippen molar-refractivity contribution in [3.8, 4) is 0 Å². The fraction of sp³-hybridized carbons (Fsp3) is 1.00. The van der Waals surface area contributed by atoms with E-state index in [4.69, 9.17) is 0 Å². The Bertz CT molecular complexity index is 414. The van der Waals surface area contributed by atoms with Gasteiger partial charge in [-0.25, -0.2) is 0 Å². The van der Waals surface area contributed by atoms with E-state index >= 15 is 0 Å². The van der Waals surface area contributed by atoms with E-state index in [1.54, 1.807) is 0 Å². The predicted molar refractivity (Wildman–Crippen MR) is 86.9 cm³/mol. The molecule has 0 bridgehead atoms. The van der Waals surface area contributed by atoms with Gasteiger partial charge < -0.3 is 5.11 Å². The number of hydrogen-bond donors (Lipinski definition) is 1. The molecule has 0 amide bonds. The van der Waals surface area contributed by atoms with E-state index in [0.29, 0.717) is 5.41 Å². The average molecular weight is 290 g/mol. The van der Waals surface area contributed by atoms with Crippen LogP contribution in [0.5, 0.6) is 0 Å². The first-order chi connectivity index (χ1) is 9.91. The smallest absolute Gasteiger partial charge is 0.0622 e. The van der Waals surface area contributed by atoms with Gasteiger partial charge >= 0.3 is 0 Å². The van der Waals surface area contributed by atoms with Crippen LogP contribution in [-0.4, -0.2) is 10.7 Å². The molecule has 1 N–H and O–H groups in total. The maximum absolute atomic E-state index is 10.4. The molecule has 4 aliphatic carbocycles. The molecule has 0 aliphatic heterocycles. The van der Waals surface area contributed by atoms with Gasteiger partial charge in [0.15, 0.2) is 0 Å². The molecule has 4 rings (SSSR count). The molecule has 0 unspecified atom stereocenters. The molecule has 1 nitrogen and oxygen atoms in total. The third kappa shape index (κ3) is 2.13. The Morgan fingerprint density at radius 1 is 0.810 bits per heavy atom. The minimum atomic E-state index is -0.362. The van der Waals surface area contributed by atoms with Crippen molar-refractivity contribution in [1.82, 2.24) is 0 Å². The normalized spacial score (nSPS) is 60.0. The zero-order valence-corrected chi connectivity index (χ0v) is 14.3. The largest absolute Gasteiger partial charge is 0.390 e. The summed E-state index contributed by atoms with van der Waals surface area (Å²) in [5.41, 5.74) is 0.299. The minimum Gasteiger partial charge on any atom is -0.390 e. The molecule has 0 heterocycles. The highest BCUT2D eigenvalue weighted by molar-refractivity contribution is 5.05. The Labute approximate surface area is 130 Å². The molecule has 120 valence electrons. The number of rotatable bonds is 0. The summed E-state index contributed by atoms with van der Waals surface area (Å²) >= 11 is 0. The zero-order chi connectivity index (χ0) is 14.8. The van der Waals surface area contributed by atoms with Crippen LogP contribution in [0.2, 0.25) is 0 Å². The van der Waals surface area contributed by atoms with Gasteiger partial charge in [-0.15, -0.1) is 0 Å². The van der Waals surface area contributed by atoms with Crippen LogP contribution in [0.4, 0.5) is 0 Å². The first-order valence-electron chi connectivity index (χ1n) is 9.63. The highest BCUT2D eigenvalue weighted by Crippen LogP contribution is 2.64. The molecule has 4 fully saturated rings. The van der Waals surface area contributed by atoms with Gasteiger partial charge in [-0.3, -0.25) is 0 Å². The van der Waals surface area contributed by atoms with Crippen molar-refractivity contribution < 1.29 is 5.11 Å². The van der Waals surface area contributed by atoms with E-state index in [9.17, 15) is 5.11 Å². The standard InChI is InChI=1S/C20H34O/c1-13-4-7-18-17-6-5-14-12-19(2,21)10-8-15(14)16(17)9-11-20(13,18)3/h13-18,21H,4-12H2,1-3H3/t13-,14+,15-,16+,17+,18-,19+,20+/m0/s1. The summed E-state index contributed by atoms with van der Waals surface area (Å²) in [7, 11) is 0. The Kier molecular flexibility index (Phi) is 3.27. The summed E-state index contributed by atoms with van der Waals surface area (Å²) in [5, 5.41) is 10.4. The molecule has 0 aromatic rings. The van der Waals surface area contributed by atoms with E-state index in [1.807, 2.05) is 0 Å². The van der Waals surface area contributed by atoms with E-state index in [0.717, 1.165) is 48.3 Å². The SMILES string of the molecule is C[C@H]1CC[C@H]2[C@@H]3CC[C@@H]4C[C@](C)(O)CC[C@@H]4[C@H]3CC[C@]12C. The lowest BCUT2D eigenvalue weighted by atomic mass is 9.49. The average Bonchev–Trinajstić information content (AvgIpc) is 2.73. The molecule has 0 spiro atoms. The fourth-order valence-electron chi connectivity index (χ4n) is 7.34. The molecule has 0 aromatic carbocycles. The van der Waals surface area contributed by atoms with Crippen LogP contribution in [0.25, 0.3) is 0 Å². The first-order valence-corrected chi connectivity index (χ1v) is 9.63. The van der Waals surface area contributed by atoms with Crippen LogP contribution < -0.4 is 0 Å². The summed E-state index contributed by atoms with van der Waals surface area (Å²) in [4.78, 5) is 0. The second-order valence-electron chi connectivity index (χ2n) is 9.70. The summed E-state index contributed by atoms with van der Waals surface area (Å²) in [5.74, 6) is 5.78. The van der Waals surface area contributed by atoms with Crippen LogP contribution >= 0.6 is 0 Å². The Morgan fingerprint density at radius 3 is 2.38 bits per heavy atom. The molecular formula is C20H34O. The van der Waals surface area contributed by atoms with Gasteiger partial charge in [-0.05, 0) is 106 Å². The molecule has 4 aliphatic rings. The minimum absolute atomic E-state index is 0.362. The molecule has 0 aromatic heterocycles. The van der Waals surface area contributed by atoms with Crippen LogP contribution in [0, 0.1) is 40.9 Å². The fourth-order valence-corrected chi connectivity index (χ4v) is 7.34. The molecule has 8 atom stereocenters. The quantitative estimate of drug-likeness (QED) is 0.663. The van der Waals surface area contributed by atoms with Gasteiger partial charge in [-0.1, -0.05) is 13.8 Å².